The lowest BCUT2D eigenvalue weighted by atomic mass is 9.77. The first-order valence-corrected chi connectivity index (χ1v) is 15.3. The summed E-state index contributed by atoms with van der Waals surface area (Å²) >= 11 is 0. The molecule has 1 saturated heterocycles. The quantitative estimate of drug-likeness (QED) is 0.324. The van der Waals surface area contributed by atoms with Gasteiger partial charge in [-0.05, 0) is 43.7 Å². The van der Waals surface area contributed by atoms with Crippen molar-refractivity contribution >= 4 is 28.7 Å². The Kier molecular flexibility index (Phi) is 8.70. The number of Topliss-reactive ketones (excluding diaryl/α,β-unsaturated/α-hetero) is 1. The number of ketones is 1. The summed E-state index contributed by atoms with van der Waals surface area (Å²) in [5.74, 6) is -5.62. The number of aromatic nitrogens is 2. The van der Waals surface area contributed by atoms with Crippen molar-refractivity contribution in [2.75, 3.05) is 13.7 Å². The number of hydrogen-bond acceptors (Lipinski definition) is 8. The standard InChI is InChI=1S/C33H41F2N3O6/c1-7-21-26-17-38(28(21)18(2)39)31(41)22(32(3,4)5)16-27(40)43-25-14-19(25)10-8-9-13-33(34,35)29-30(44-26)37-24-15-20(42-6)11-12-23(24)36-29/h8-9,11-12,15,19,21-22,25-26,28H,7,10,13-14,16-17H2,1-6H3/t19-,21-,22-,25?,26+,28-/m1/s1. The van der Waals surface area contributed by atoms with Crippen molar-refractivity contribution in [2.45, 2.75) is 90.9 Å². The van der Waals surface area contributed by atoms with E-state index in [0.717, 1.165) is 0 Å². The SMILES string of the molecule is CC[C@@H]1[C@@H]2CN(C(=O)[C@H](C(C)(C)C)CC(=O)OC3C[C@H]3CC=CCC(F)(F)c3nc4ccc(OC)cc4nc3O2)[C@@H]1C(C)=O. The van der Waals surface area contributed by atoms with Crippen LogP contribution in [-0.4, -0.2) is 64.4 Å². The maximum absolute atomic E-state index is 15.9. The minimum Gasteiger partial charge on any atom is -0.497 e. The van der Waals surface area contributed by atoms with Crippen molar-refractivity contribution in [1.82, 2.24) is 14.9 Å². The summed E-state index contributed by atoms with van der Waals surface area (Å²) < 4.78 is 49.0. The van der Waals surface area contributed by atoms with Gasteiger partial charge in [0.15, 0.2) is 11.5 Å². The number of halogens is 2. The Labute approximate surface area is 256 Å². The highest BCUT2D eigenvalue weighted by Gasteiger charge is 2.51. The van der Waals surface area contributed by atoms with Crippen LogP contribution in [0.3, 0.4) is 0 Å². The molecule has 1 aromatic heterocycles. The van der Waals surface area contributed by atoms with Crippen LogP contribution in [0, 0.1) is 23.2 Å². The molecule has 2 bridgehead atoms. The van der Waals surface area contributed by atoms with Gasteiger partial charge in [-0.25, -0.2) is 9.97 Å². The van der Waals surface area contributed by atoms with Gasteiger partial charge in [-0.1, -0.05) is 39.8 Å². The molecule has 1 amide bonds. The number of carbonyl (C=O) groups is 3. The summed E-state index contributed by atoms with van der Waals surface area (Å²) in [7, 11) is 1.49. The second-order valence-corrected chi connectivity index (χ2v) is 13.3. The van der Waals surface area contributed by atoms with Gasteiger partial charge in [-0.15, -0.1) is 0 Å². The van der Waals surface area contributed by atoms with Gasteiger partial charge in [-0.3, -0.25) is 14.4 Å². The van der Waals surface area contributed by atoms with Crippen LogP contribution in [0.1, 0.15) is 72.4 Å². The number of ether oxygens (including phenoxy) is 3. The molecule has 3 heterocycles. The predicted molar refractivity (Wildman–Crippen MR) is 158 cm³/mol. The zero-order chi connectivity index (χ0) is 32.0. The van der Waals surface area contributed by atoms with Gasteiger partial charge in [0.25, 0.3) is 5.92 Å². The molecule has 2 fully saturated rings. The van der Waals surface area contributed by atoms with Crippen LogP contribution in [0.25, 0.3) is 11.0 Å². The second-order valence-electron chi connectivity index (χ2n) is 13.3. The summed E-state index contributed by atoms with van der Waals surface area (Å²) in [5, 5.41) is 0. The Balaban J connectivity index is 1.61. The number of esters is 1. The fourth-order valence-corrected chi connectivity index (χ4v) is 6.40. The van der Waals surface area contributed by atoms with Crippen LogP contribution in [0.5, 0.6) is 11.6 Å². The van der Waals surface area contributed by atoms with Gasteiger partial charge in [0.2, 0.25) is 11.8 Å². The summed E-state index contributed by atoms with van der Waals surface area (Å²) in [6, 6.07) is 3.93. The van der Waals surface area contributed by atoms with E-state index in [4.69, 9.17) is 14.2 Å². The molecular formula is C33H41F2N3O6. The molecule has 9 nitrogen and oxygen atoms in total. The van der Waals surface area contributed by atoms with Crippen LogP contribution in [-0.2, 0) is 25.0 Å². The number of nitrogens with zero attached hydrogens (tertiary/aromatic N) is 3. The number of hydrogen-bond donors (Lipinski definition) is 0. The molecule has 2 aliphatic heterocycles. The van der Waals surface area contributed by atoms with Crippen molar-refractivity contribution in [3.8, 4) is 11.6 Å². The van der Waals surface area contributed by atoms with E-state index in [2.05, 4.69) is 9.97 Å². The highest BCUT2D eigenvalue weighted by Crippen LogP contribution is 2.43. The summed E-state index contributed by atoms with van der Waals surface area (Å²) in [5.41, 5.74) is -0.662. The van der Waals surface area contributed by atoms with E-state index in [1.165, 1.54) is 25.0 Å². The molecule has 2 aromatic rings. The summed E-state index contributed by atoms with van der Waals surface area (Å²) in [4.78, 5) is 50.5. The summed E-state index contributed by atoms with van der Waals surface area (Å²) in [6.07, 6.45) is 2.76. The smallest absolute Gasteiger partial charge is 0.306 e. The topological polar surface area (TPSA) is 108 Å². The molecule has 1 saturated carbocycles. The van der Waals surface area contributed by atoms with Gasteiger partial charge in [0.05, 0.1) is 43.1 Å². The van der Waals surface area contributed by atoms with Crippen molar-refractivity contribution < 1.29 is 37.4 Å². The number of methoxy groups -OCH3 is 1. The van der Waals surface area contributed by atoms with Crippen molar-refractivity contribution in [3.63, 3.8) is 0 Å². The molecule has 44 heavy (non-hydrogen) atoms. The number of allylic oxidation sites excluding steroid dienone is 2. The van der Waals surface area contributed by atoms with Gasteiger partial charge < -0.3 is 19.1 Å². The average Bonchev–Trinajstić information content (AvgIpc) is 3.58. The van der Waals surface area contributed by atoms with E-state index in [-0.39, 0.29) is 48.1 Å². The fourth-order valence-electron chi connectivity index (χ4n) is 6.40. The molecule has 6 atom stereocenters. The Morgan fingerprint density at radius 2 is 1.86 bits per heavy atom. The summed E-state index contributed by atoms with van der Waals surface area (Å²) in [6.45, 7) is 8.86. The van der Waals surface area contributed by atoms with Gasteiger partial charge in [0.1, 0.15) is 18.0 Å². The zero-order valence-electron chi connectivity index (χ0n) is 26.1. The number of fused-ring (bicyclic) bond motifs is 5. The number of rotatable bonds is 3. The largest absolute Gasteiger partial charge is 0.497 e. The van der Waals surface area contributed by atoms with E-state index in [1.54, 1.807) is 24.3 Å². The molecule has 0 spiro atoms. The van der Waals surface area contributed by atoms with Crippen molar-refractivity contribution in [3.05, 3.63) is 36.0 Å². The lowest BCUT2D eigenvalue weighted by Gasteiger charge is -2.35. The lowest BCUT2D eigenvalue weighted by molar-refractivity contribution is -0.154. The Bertz CT molecular complexity index is 1470. The van der Waals surface area contributed by atoms with E-state index in [1.807, 2.05) is 27.7 Å². The third kappa shape index (κ3) is 6.42. The Morgan fingerprint density at radius 3 is 2.52 bits per heavy atom. The molecule has 1 aliphatic carbocycles. The molecule has 11 heteroatoms. The van der Waals surface area contributed by atoms with Gasteiger partial charge >= 0.3 is 5.97 Å². The molecular weight excluding hydrogens is 572 g/mol. The molecule has 3 aliphatic rings. The fraction of sp³-hybridized carbons (Fsp3) is 0.606. The van der Waals surface area contributed by atoms with Crippen LogP contribution in [0.2, 0.25) is 0 Å². The molecule has 5 rings (SSSR count). The predicted octanol–water partition coefficient (Wildman–Crippen LogP) is 5.64. The average molecular weight is 614 g/mol. The number of alkyl halides is 2. The molecule has 1 unspecified atom stereocenters. The first-order chi connectivity index (χ1) is 20.7. The maximum Gasteiger partial charge on any atom is 0.306 e. The highest BCUT2D eigenvalue weighted by molar-refractivity contribution is 5.91. The minimum atomic E-state index is -3.43. The number of benzene rings is 1. The van der Waals surface area contributed by atoms with E-state index in [0.29, 0.717) is 30.5 Å². The van der Waals surface area contributed by atoms with Crippen molar-refractivity contribution in [2.24, 2.45) is 23.2 Å². The second kappa shape index (κ2) is 12.0. The highest BCUT2D eigenvalue weighted by atomic mass is 19.3. The number of carbonyl (C=O) groups excluding carboxylic acids is 3. The van der Waals surface area contributed by atoms with Crippen LogP contribution < -0.4 is 9.47 Å². The Hall–Kier alpha value is -3.63. The van der Waals surface area contributed by atoms with E-state index in [9.17, 15) is 14.4 Å². The first-order valence-electron chi connectivity index (χ1n) is 15.3. The van der Waals surface area contributed by atoms with E-state index >= 15 is 8.78 Å². The normalized spacial score (nSPS) is 29.1. The Morgan fingerprint density at radius 1 is 1.11 bits per heavy atom. The van der Waals surface area contributed by atoms with Gasteiger partial charge in [0, 0.05) is 24.3 Å². The monoisotopic (exact) mass is 613 g/mol. The van der Waals surface area contributed by atoms with Crippen LogP contribution in [0.15, 0.2) is 30.4 Å². The molecule has 238 valence electrons. The van der Waals surface area contributed by atoms with Crippen LogP contribution >= 0.6 is 0 Å². The lowest BCUT2D eigenvalue weighted by Crippen LogP contribution is -2.48. The first kappa shape index (κ1) is 31.8. The van der Waals surface area contributed by atoms with Crippen molar-refractivity contribution in [1.29, 1.82) is 0 Å². The minimum absolute atomic E-state index is 0.0311. The molecule has 1 aromatic carbocycles. The van der Waals surface area contributed by atoms with Crippen LogP contribution in [0.4, 0.5) is 8.78 Å². The zero-order valence-corrected chi connectivity index (χ0v) is 26.1. The maximum atomic E-state index is 15.9. The third-order valence-corrected chi connectivity index (χ3v) is 9.05. The molecule has 0 N–H and O–H groups in total. The third-order valence-electron chi connectivity index (χ3n) is 9.05. The number of amides is 1. The molecule has 0 radical (unpaired) electrons. The van der Waals surface area contributed by atoms with Gasteiger partial charge in [-0.2, -0.15) is 8.78 Å². The van der Waals surface area contributed by atoms with E-state index < -0.39 is 53.4 Å².